The molecule has 2 amide bonds. The first-order valence-corrected chi connectivity index (χ1v) is 1.30. The van der Waals surface area contributed by atoms with Gasteiger partial charge in [-0.05, 0) is 0 Å². The zero-order valence-electron chi connectivity index (χ0n) is 4.11. The summed E-state index contributed by atoms with van der Waals surface area (Å²) in [7, 11) is 0. The van der Waals surface area contributed by atoms with E-state index in [1.54, 1.807) is 0 Å². The normalized spacial score (nSPS) is 5.33. The van der Waals surface area contributed by atoms with Crippen LogP contribution >= 0.6 is 0 Å². The third-order valence-electron chi connectivity index (χ3n) is 0. The van der Waals surface area contributed by atoms with Crippen molar-refractivity contribution in [1.29, 1.82) is 0 Å². The zero-order chi connectivity index (χ0) is 7.15. The Morgan fingerprint density at radius 1 is 1.00 bits per heavy atom. The first kappa shape index (κ1) is 15.8. The van der Waals surface area contributed by atoms with Gasteiger partial charge < -0.3 is 31.3 Å². The Labute approximate surface area is 69.6 Å². The summed E-state index contributed by atoms with van der Waals surface area (Å²) in [6, 6.07) is 0. The Morgan fingerprint density at radius 2 is 1.00 bits per heavy atom. The van der Waals surface area contributed by atoms with Crippen LogP contribution in [-0.4, -0.2) is 22.4 Å². The summed E-state index contributed by atoms with van der Waals surface area (Å²) < 4.78 is 0. The van der Waals surface area contributed by atoms with E-state index in [-0.39, 0.29) is 25.8 Å². The van der Waals surface area contributed by atoms with Crippen LogP contribution in [0.4, 0.5) is 9.59 Å². The summed E-state index contributed by atoms with van der Waals surface area (Å²) >= 11 is 0. The molecule has 0 aromatic heterocycles. The molecule has 0 unspecified atom stereocenters. The second-order valence-corrected chi connectivity index (χ2v) is 0.565. The second-order valence-electron chi connectivity index (χ2n) is 0.565. The maximum atomic E-state index is 8.56. The van der Waals surface area contributed by atoms with Gasteiger partial charge in [0, 0.05) is 12.2 Å². The molecule has 2 N–H and O–H groups in total. The molecule has 0 radical (unpaired) electrons. The van der Waals surface area contributed by atoms with Crippen molar-refractivity contribution >= 4 is 12.2 Å². The summed E-state index contributed by atoms with van der Waals surface area (Å²) in [4.78, 5) is 17.1. The van der Waals surface area contributed by atoms with Gasteiger partial charge in [0.25, 0.3) is 0 Å². The molecule has 0 bridgehead atoms. The monoisotopic (exact) mass is 298 g/mol. The number of nitrogens with zero attached hydrogens (tertiary/aromatic N) is 2. The van der Waals surface area contributed by atoms with Crippen molar-refractivity contribution in [2.75, 3.05) is 0 Å². The number of carbonyl (C=O) groups is 2. The molecule has 0 aliphatic heterocycles. The summed E-state index contributed by atoms with van der Waals surface area (Å²) in [6.07, 6.45) is -3.67. The fourth-order valence-corrected chi connectivity index (χ4v) is 0. The fourth-order valence-electron chi connectivity index (χ4n) is 0. The van der Waals surface area contributed by atoms with Crippen molar-refractivity contribution in [2.45, 2.75) is 0 Å². The summed E-state index contributed by atoms with van der Waals surface area (Å²) in [6.45, 7) is 0. The Bertz CT molecular complexity index is 74.6. The van der Waals surface area contributed by atoms with Gasteiger partial charge in [0.05, 0.1) is 0 Å². The van der Waals surface area contributed by atoms with Crippen LogP contribution in [0.15, 0.2) is 0 Å². The van der Waals surface area contributed by atoms with Crippen LogP contribution in [0.2, 0.25) is 0 Å². The van der Waals surface area contributed by atoms with E-state index < -0.39 is 12.2 Å². The van der Waals surface area contributed by atoms with E-state index >= 15 is 0 Å². The van der Waals surface area contributed by atoms with Crippen molar-refractivity contribution in [2.24, 2.45) is 0 Å². The molecule has 0 heterocycles. The molecule has 0 fully saturated rings. The largest absolute Gasteiger partial charge is 4.00 e. The molecule has 7 heteroatoms. The van der Waals surface area contributed by atoms with Crippen LogP contribution in [0.1, 0.15) is 0 Å². The average molecular weight is 297 g/mol. The molecule has 48 valence electrons. The second kappa shape index (κ2) is 10.4. The van der Waals surface area contributed by atoms with Gasteiger partial charge in [-0.3, -0.25) is 0 Å². The van der Waals surface area contributed by atoms with E-state index in [1.165, 1.54) is 0 Å². The van der Waals surface area contributed by atoms with Crippen molar-refractivity contribution in [3.05, 3.63) is 11.5 Å². The first-order valence-electron chi connectivity index (χ1n) is 1.30. The zero-order valence-corrected chi connectivity index (χ0v) is 7.70. The standard InChI is InChI=1S/2CHNO2.Hf/c2*2-1(3)4;/h2*(H,3,4);/q2*-2;+4. The summed E-state index contributed by atoms with van der Waals surface area (Å²) in [5, 5.41) is 13.9. The number of hydrogen-bond donors (Lipinski definition) is 2. The third kappa shape index (κ3) is 623. The van der Waals surface area contributed by atoms with Gasteiger partial charge in [-0.1, -0.05) is 0 Å². The summed E-state index contributed by atoms with van der Waals surface area (Å²) in [5.41, 5.74) is 13.9. The van der Waals surface area contributed by atoms with Crippen LogP contribution in [0, 0.1) is 0 Å². The molecule has 0 aliphatic carbocycles. The maximum Gasteiger partial charge on any atom is 4.00 e. The van der Waals surface area contributed by atoms with Crippen LogP contribution < -0.4 is 0 Å². The SMILES string of the molecule is [Hf+4].[N-2]C(=O)O.[N-2]C(=O)O. The van der Waals surface area contributed by atoms with Gasteiger partial charge >= 0.3 is 25.8 Å². The van der Waals surface area contributed by atoms with E-state index in [0.717, 1.165) is 0 Å². The van der Waals surface area contributed by atoms with Gasteiger partial charge in [-0.25, -0.2) is 0 Å². The van der Waals surface area contributed by atoms with E-state index in [2.05, 4.69) is 0 Å². The topological polar surface area (TPSA) is 119 Å². The van der Waals surface area contributed by atoms with E-state index in [9.17, 15) is 0 Å². The Hall–Kier alpha value is -0.590. The van der Waals surface area contributed by atoms with E-state index in [0.29, 0.717) is 0 Å². The predicted octanol–water partition coefficient (Wildman–Crippen LogP) is 1.00. The number of rotatable bonds is 0. The predicted molar refractivity (Wildman–Crippen MR) is 22.8 cm³/mol. The third-order valence-corrected chi connectivity index (χ3v) is 0. The van der Waals surface area contributed by atoms with Crippen LogP contribution in [0.3, 0.4) is 0 Å². The molecule has 0 saturated heterocycles. The summed E-state index contributed by atoms with van der Waals surface area (Å²) in [5.74, 6) is 0. The average Bonchev–Trinajstić information content (AvgIpc) is 1.25. The molecule has 0 aliphatic rings. The first-order chi connectivity index (χ1) is 3.46. The van der Waals surface area contributed by atoms with Gasteiger partial charge in [0.1, 0.15) is 0 Å². The molecule has 0 aromatic carbocycles. The van der Waals surface area contributed by atoms with E-state index in [1.807, 2.05) is 0 Å². The smallest absolute Gasteiger partial charge is 1.45 e. The van der Waals surface area contributed by atoms with Crippen molar-refractivity contribution in [3.8, 4) is 0 Å². The molecule has 0 rings (SSSR count). The molecule has 9 heavy (non-hydrogen) atoms. The van der Waals surface area contributed by atoms with E-state index in [4.69, 9.17) is 31.3 Å². The molecule has 0 saturated carbocycles. The number of amides is 2. The van der Waals surface area contributed by atoms with Gasteiger partial charge in [0.15, 0.2) is 0 Å². The molecule has 0 aromatic rings. The minimum absolute atomic E-state index is 0. The van der Waals surface area contributed by atoms with Gasteiger partial charge in [-0.2, -0.15) is 0 Å². The minimum atomic E-state index is -1.83. The Morgan fingerprint density at radius 3 is 1.00 bits per heavy atom. The molecule has 0 atom stereocenters. The van der Waals surface area contributed by atoms with Crippen LogP contribution in [-0.2, 0) is 25.8 Å². The molecular formula is C2H2HfN2O4. The van der Waals surface area contributed by atoms with Crippen molar-refractivity contribution in [1.82, 2.24) is 0 Å². The number of carboxylic acid groups (broad SMARTS) is 2. The minimum Gasteiger partial charge on any atom is -1.45 e. The Kier molecular flexibility index (Phi) is 18.2. The van der Waals surface area contributed by atoms with Crippen molar-refractivity contribution in [3.63, 3.8) is 0 Å². The van der Waals surface area contributed by atoms with Crippen molar-refractivity contribution < 1.29 is 45.6 Å². The quantitative estimate of drug-likeness (QED) is 0.648. The molecule has 0 spiro atoms. The Balaban J connectivity index is -0.0000000720. The van der Waals surface area contributed by atoms with Gasteiger partial charge in [-0.15, -0.1) is 0 Å². The molecule has 6 nitrogen and oxygen atoms in total. The number of hydrogen-bond acceptors (Lipinski definition) is 2. The van der Waals surface area contributed by atoms with Crippen LogP contribution in [0.25, 0.3) is 11.5 Å². The maximum absolute atomic E-state index is 8.56. The van der Waals surface area contributed by atoms with Gasteiger partial charge in [0.2, 0.25) is 0 Å². The molecular weight excluding hydrogens is 295 g/mol. The fraction of sp³-hybridized carbons (Fsp3) is 0. The van der Waals surface area contributed by atoms with Crippen LogP contribution in [0.5, 0.6) is 0 Å².